The summed E-state index contributed by atoms with van der Waals surface area (Å²) in [6.07, 6.45) is 5.18. The van der Waals surface area contributed by atoms with E-state index in [2.05, 4.69) is 5.32 Å². The molecule has 1 aliphatic heterocycles. The molecule has 30 heavy (non-hydrogen) atoms. The third-order valence-corrected chi connectivity index (χ3v) is 4.52. The van der Waals surface area contributed by atoms with E-state index in [9.17, 15) is 14.4 Å². The van der Waals surface area contributed by atoms with Crippen molar-refractivity contribution in [2.75, 3.05) is 13.1 Å². The maximum Gasteiger partial charge on any atom is 0.410 e. The number of rotatable bonds is 8. The molecule has 2 rings (SSSR count). The number of benzene rings is 1. The summed E-state index contributed by atoms with van der Waals surface area (Å²) in [6, 6.07) is 9.02. The van der Waals surface area contributed by atoms with Crippen LogP contribution in [0.5, 0.6) is 0 Å². The Balaban J connectivity index is 1.64. The van der Waals surface area contributed by atoms with Gasteiger partial charge in [-0.05, 0) is 58.1 Å². The van der Waals surface area contributed by atoms with Crippen LogP contribution in [0.1, 0.15) is 52.0 Å². The molecule has 1 aromatic carbocycles. The molecule has 0 aliphatic carbocycles. The second-order valence-electron chi connectivity index (χ2n) is 8.27. The van der Waals surface area contributed by atoms with Gasteiger partial charge >= 0.3 is 12.2 Å². The lowest BCUT2D eigenvalue weighted by atomic mass is 10.1. The van der Waals surface area contributed by atoms with Crippen LogP contribution in [0.15, 0.2) is 42.5 Å². The molecular formula is C23H32N2O5. The number of ketones is 1. The number of ether oxygens (including phenoxy) is 2. The SMILES string of the molecule is CC(C)(C)OC(=O)N1CCC[C@H]1C(=O)/C=C/CCCNC(=O)OCc1ccccc1. The molecule has 1 heterocycles. The molecular weight excluding hydrogens is 384 g/mol. The first-order valence-electron chi connectivity index (χ1n) is 10.4. The van der Waals surface area contributed by atoms with Gasteiger partial charge in [-0.25, -0.2) is 9.59 Å². The van der Waals surface area contributed by atoms with Crippen molar-refractivity contribution in [2.45, 2.75) is 64.7 Å². The van der Waals surface area contributed by atoms with Gasteiger partial charge in [-0.3, -0.25) is 9.69 Å². The molecule has 7 nitrogen and oxygen atoms in total. The molecule has 0 radical (unpaired) electrons. The molecule has 2 amide bonds. The standard InChI is InChI=1S/C23H32N2O5/c1-23(2,3)30-22(28)25-16-10-13-19(25)20(26)14-8-5-9-15-24-21(27)29-17-18-11-6-4-7-12-18/h4,6-8,11-12,14,19H,5,9-10,13,15-17H2,1-3H3,(H,24,27)/b14-8+/t19-/m0/s1. The molecule has 1 N–H and O–H groups in total. The molecule has 1 fully saturated rings. The van der Waals surface area contributed by atoms with Gasteiger partial charge in [0.2, 0.25) is 0 Å². The largest absolute Gasteiger partial charge is 0.445 e. The first-order valence-corrected chi connectivity index (χ1v) is 10.4. The Morgan fingerprint density at radius 2 is 1.93 bits per heavy atom. The number of nitrogens with one attached hydrogen (secondary N) is 1. The van der Waals surface area contributed by atoms with E-state index >= 15 is 0 Å². The van der Waals surface area contributed by atoms with Crippen molar-refractivity contribution >= 4 is 18.0 Å². The van der Waals surface area contributed by atoms with Crippen LogP contribution in [-0.2, 0) is 20.9 Å². The van der Waals surface area contributed by atoms with E-state index in [-0.39, 0.29) is 12.4 Å². The van der Waals surface area contributed by atoms with Crippen LogP contribution < -0.4 is 5.32 Å². The van der Waals surface area contributed by atoms with Crippen molar-refractivity contribution in [3.63, 3.8) is 0 Å². The maximum absolute atomic E-state index is 12.5. The number of likely N-dealkylation sites (tertiary alicyclic amines) is 1. The van der Waals surface area contributed by atoms with Crippen molar-refractivity contribution in [3.8, 4) is 0 Å². The van der Waals surface area contributed by atoms with Crippen LogP contribution in [0.2, 0.25) is 0 Å². The number of carbonyl (C=O) groups is 3. The van der Waals surface area contributed by atoms with Crippen molar-refractivity contribution < 1.29 is 23.9 Å². The molecule has 1 aliphatic rings. The summed E-state index contributed by atoms with van der Waals surface area (Å²) < 4.78 is 10.5. The zero-order chi connectivity index (χ0) is 22.0. The second-order valence-corrected chi connectivity index (χ2v) is 8.27. The smallest absolute Gasteiger partial charge is 0.410 e. The van der Waals surface area contributed by atoms with E-state index in [0.717, 1.165) is 12.0 Å². The highest BCUT2D eigenvalue weighted by molar-refractivity contribution is 5.96. The maximum atomic E-state index is 12.5. The molecule has 1 aromatic rings. The van der Waals surface area contributed by atoms with E-state index in [1.807, 2.05) is 51.1 Å². The van der Waals surface area contributed by atoms with Gasteiger partial charge in [-0.15, -0.1) is 0 Å². The highest BCUT2D eigenvalue weighted by Crippen LogP contribution is 2.21. The topological polar surface area (TPSA) is 84.9 Å². The highest BCUT2D eigenvalue weighted by atomic mass is 16.6. The van der Waals surface area contributed by atoms with Gasteiger partial charge in [-0.2, -0.15) is 0 Å². The fraction of sp³-hybridized carbons (Fsp3) is 0.522. The number of carbonyl (C=O) groups excluding carboxylic acids is 3. The zero-order valence-corrected chi connectivity index (χ0v) is 18.1. The Morgan fingerprint density at radius 1 is 1.20 bits per heavy atom. The van der Waals surface area contributed by atoms with Gasteiger partial charge in [0.15, 0.2) is 5.78 Å². The Kier molecular flexibility index (Phi) is 8.89. The van der Waals surface area contributed by atoms with E-state index < -0.39 is 23.8 Å². The summed E-state index contributed by atoms with van der Waals surface area (Å²) in [5, 5.41) is 2.69. The summed E-state index contributed by atoms with van der Waals surface area (Å²) in [5.41, 5.74) is 0.347. The van der Waals surface area contributed by atoms with E-state index in [1.54, 1.807) is 6.08 Å². The van der Waals surface area contributed by atoms with Crippen LogP contribution in [0.3, 0.4) is 0 Å². The Labute approximate surface area is 178 Å². The number of amides is 2. The van der Waals surface area contributed by atoms with E-state index in [1.165, 1.54) is 11.0 Å². The number of allylic oxidation sites excluding steroid dienone is 1. The summed E-state index contributed by atoms with van der Waals surface area (Å²) in [4.78, 5) is 37.9. The van der Waals surface area contributed by atoms with Crippen LogP contribution in [0.25, 0.3) is 0 Å². The van der Waals surface area contributed by atoms with Crippen LogP contribution in [0, 0.1) is 0 Å². The number of nitrogens with zero attached hydrogens (tertiary/aromatic N) is 1. The van der Waals surface area contributed by atoms with E-state index in [4.69, 9.17) is 9.47 Å². The third-order valence-electron chi connectivity index (χ3n) is 4.52. The summed E-state index contributed by atoms with van der Waals surface area (Å²) in [7, 11) is 0. The van der Waals surface area contributed by atoms with Gasteiger partial charge in [0.05, 0.1) is 6.04 Å². The van der Waals surface area contributed by atoms with E-state index in [0.29, 0.717) is 32.4 Å². The van der Waals surface area contributed by atoms with Crippen molar-refractivity contribution in [3.05, 3.63) is 48.0 Å². The molecule has 0 aromatic heterocycles. The summed E-state index contributed by atoms with van der Waals surface area (Å²) in [6.45, 7) is 6.65. The zero-order valence-electron chi connectivity index (χ0n) is 18.1. The van der Waals surface area contributed by atoms with Gasteiger partial charge in [0, 0.05) is 13.1 Å². The minimum absolute atomic E-state index is 0.0893. The average molecular weight is 417 g/mol. The molecule has 7 heteroatoms. The number of hydrogen-bond donors (Lipinski definition) is 1. The summed E-state index contributed by atoms with van der Waals surface area (Å²) >= 11 is 0. The normalized spacial score (nSPS) is 16.5. The Hall–Kier alpha value is -2.83. The average Bonchev–Trinajstić information content (AvgIpc) is 3.18. The third kappa shape index (κ3) is 8.27. The fourth-order valence-electron chi connectivity index (χ4n) is 3.10. The monoisotopic (exact) mass is 416 g/mol. The highest BCUT2D eigenvalue weighted by Gasteiger charge is 2.35. The number of hydrogen-bond acceptors (Lipinski definition) is 5. The first kappa shape index (κ1) is 23.4. The molecule has 0 unspecified atom stereocenters. The molecule has 1 saturated heterocycles. The molecule has 1 atom stereocenters. The lowest BCUT2D eigenvalue weighted by molar-refractivity contribution is -0.118. The quantitative estimate of drug-likeness (QED) is 0.507. The van der Waals surface area contributed by atoms with Crippen molar-refractivity contribution in [1.29, 1.82) is 0 Å². The molecule has 164 valence electrons. The van der Waals surface area contributed by atoms with Crippen LogP contribution in [0.4, 0.5) is 9.59 Å². The Bertz CT molecular complexity index is 740. The van der Waals surface area contributed by atoms with Gasteiger partial charge in [-0.1, -0.05) is 36.4 Å². The van der Waals surface area contributed by atoms with Crippen molar-refractivity contribution in [1.82, 2.24) is 10.2 Å². The predicted molar refractivity (Wildman–Crippen MR) is 114 cm³/mol. The molecule has 0 bridgehead atoms. The van der Waals surface area contributed by atoms with Gasteiger partial charge < -0.3 is 14.8 Å². The number of alkyl carbamates (subject to hydrolysis) is 1. The second kappa shape index (κ2) is 11.4. The molecule has 0 spiro atoms. The van der Waals surface area contributed by atoms with Gasteiger partial charge in [0.25, 0.3) is 0 Å². The fourth-order valence-corrected chi connectivity index (χ4v) is 3.10. The minimum atomic E-state index is -0.585. The number of unbranched alkanes of at least 4 members (excludes halogenated alkanes) is 1. The van der Waals surface area contributed by atoms with Crippen LogP contribution >= 0.6 is 0 Å². The van der Waals surface area contributed by atoms with Crippen molar-refractivity contribution in [2.24, 2.45) is 0 Å². The summed E-state index contributed by atoms with van der Waals surface area (Å²) in [5.74, 6) is -0.0893. The molecule has 0 saturated carbocycles. The lowest BCUT2D eigenvalue weighted by Gasteiger charge is -2.27. The van der Waals surface area contributed by atoms with Gasteiger partial charge in [0.1, 0.15) is 12.2 Å². The van der Waals surface area contributed by atoms with Crippen LogP contribution in [-0.4, -0.2) is 47.6 Å². The first-order chi connectivity index (χ1) is 14.3. The Morgan fingerprint density at radius 3 is 2.63 bits per heavy atom. The lowest BCUT2D eigenvalue weighted by Crippen LogP contribution is -2.42. The minimum Gasteiger partial charge on any atom is -0.445 e. The predicted octanol–water partition coefficient (Wildman–Crippen LogP) is 4.22.